The van der Waals surface area contributed by atoms with Crippen LogP contribution >= 0.6 is 11.6 Å². The number of nitrogens with one attached hydrogen (secondary N) is 1. The van der Waals surface area contributed by atoms with Crippen LogP contribution in [0.3, 0.4) is 0 Å². The van der Waals surface area contributed by atoms with Crippen molar-refractivity contribution in [2.75, 3.05) is 26.2 Å². The first-order valence-electron chi connectivity index (χ1n) is 9.49. The Kier molecular flexibility index (Phi) is 6.95. The third-order valence-corrected chi connectivity index (χ3v) is 5.37. The van der Waals surface area contributed by atoms with Crippen LogP contribution in [0.4, 0.5) is 5.69 Å². The number of halogens is 1. The highest BCUT2D eigenvalue weighted by Gasteiger charge is 2.25. The number of nitro groups is 1. The van der Waals surface area contributed by atoms with Gasteiger partial charge in [0.05, 0.1) is 4.92 Å². The van der Waals surface area contributed by atoms with E-state index in [1.165, 1.54) is 18.2 Å². The number of hydrogen-bond donors (Lipinski definition) is 1. The molecule has 0 aromatic heterocycles. The average Bonchev–Trinajstić information content (AvgIpc) is 2.74. The second-order valence-electron chi connectivity index (χ2n) is 7.05. The maximum atomic E-state index is 12.6. The van der Waals surface area contributed by atoms with Crippen LogP contribution in [0.5, 0.6) is 0 Å². The summed E-state index contributed by atoms with van der Waals surface area (Å²) in [6, 6.07) is 12.7. The Hall–Kier alpha value is -2.77. The van der Waals surface area contributed by atoms with E-state index >= 15 is 0 Å². The quantitative estimate of drug-likeness (QED) is 0.424. The summed E-state index contributed by atoms with van der Waals surface area (Å²) in [5.74, 6) is -0.173. The number of amides is 1. The van der Waals surface area contributed by atoms with Crippen LogP contribution in [-0.4, -0.2) is 47.7 Å². The molecule has 1 aliphatic rings. The van der Waals surface area contributed by atoms with Crippen molar-refractivity contribution in [1.82, 2.24) is 10.2 Å². The Morgan fingerprint density at radius 1 is 1.10 bits per heavy atom. The molecule has 0 radical (unpaired) electrons. The van der Waals surface area contributed by atoms with Crippen molar-refractivity contribution in [2.45, 2.75) is 12.8 Å². The van der Waals surface area contributed by atoms with Gasteiger partial charge in [-0.3, -0.25) is 19.7 Å². The topological polar surface area (TPSA) is 92.6 Å². The molecule has 1 aliphatic heterocycles. The highest BCUT2D eigenvalue weighted by atomic mass is 35.5. The summed E-state index contributed by atoms with van der Waals surface area (Å²) in [7, 11) is 0. The molecule has 0 saturated carbocycles. The highest BCUT2D eigenvalue weighted by Crippen LogP contribution is 2.22. The van der Waals surface area contributed by atoms with Crippen molar-refractivity contribution in [3.63, 3.8) is 0 Å². The lowest BCUT2D eigenvalue weighted by Crippen LogP contribution is -2.41. The van der Waals surface area contributed by atoms with Crippen LogP contribution in [0, 0.1) is 16.0 Å². The van der Waals surface area contributed by atoms with Gasteiger partial charge >= 0.3 is 0 Å². The molecule has 29 heavy (non-hydrogen) atoms. The lowest BCUT2D eigenvalue weighted by molar-refractivity contribution is -0.384. The first-order chi connectivity index (χ1) is 13.9. The number of likely N-dealkylation sites (tertiary alicyclic amines) is 1. The molecule has 1 saturated heterocycles. The number of carbonyl (C=O) groups excluding carboxylic acids is 2. The number of benzene rings is 2. The van der Waals surface area contributed by atoms with Crippen LogP contribution in [-0.2, 0) is 0 Å². The minimum Gasteiger partial charge on any atom is -0.351 e. The smallest absolute Gasteiger partial charge is 0.270 e. The van der Waals surface area contributed by atoms with Crippen molar-refractivity contribution in [1.29, 1.82) is 0 Å². The van der Waals surface area contributed by atoms with E-state index < -0.39 is 4.92 Å². The van der Waals surface area contributed by atoms with Gasteiger partial charge < -0.3 is 10.2 Å². The molecule has 0 unspecified atom stereocenters. The van der Waals surface area contributed by atoms with Gasteiger partial charge in [0.2, 0.25) is 0 Å². The Morgan fingerprint density at radius 2 is 1.79 bits per heavy atom. The van der Waals surface area contributed by atoms with Gasteiger partial charge in [0.25, 0.3) is 11.6 Å². The van der Waals surface area contributed by atoms with Gasteiger partial charge in [-0.15, -0.1) is 0 Å². The van der Waals surface area contributed by atoms with E-state index in [1.807, 2.05) is 0 Å². The van der Waals surface area contributed by atoms with Gasteiger partial charge in [-0.25, -0.2) is 0 Å². The predicted molar refractivity (Wildman–Crippen MR) is 110 cm³/mol. The number of hydrogen-bond acceptors (Lipinski definition) is 5. The number of nitrogens with zero attached hydrogens (tertiary/aromatic N) is 2. The lowest BCUT2D eigenvalue weighted by atomic mass is 9.89. The second-order valence-corrected chi connectivity index (χ2v) is 7.49. The standard InChI is InChI=1S/C21H22ClN3O4/c22-18-6-4-15(5-7-18)20(26)16-8-11-24(12-9-16)13-10-23-21(27)17-2-1-3-19(14-17)25(28)29/h1-7,14,16H,8-13H2,(H,23,27). The van der Waals surface area contributed by atoms with Gasteiger partial charge in [0.15, 0.2) is 5.78 Å². The van der Waals surface area contributed by atoms with E-state index in [2.05, 4.69) is 10.2 Å². The van der Waals surface area contributed by atoms with E-state index in [0.29, 0.717) is 23.7 Å². The molecule has 1 amide bonds. The first kappa shape index (κ1) is 21.0. The molecule has 0 atom stereocenters. The van der Waals surface area contributed by atoms with Crippen LogP contribution in [0.1, 0.15) is 33.6 Å². The Labute approximate surface area is 173 Å². The molecule has 152 valence electrons. The second kappa shape index (κ2) is 9.62. The fourth-order valence-corrected chi connectivity index (χ4v) is 3.58. The van der Waals surface area contributed by atoms with Gasteiger partial charge in [-0.1, -0.05) is 17.7 Å². The lowest BCUT2D eigenvalue weighted by Gasteiger charge is -2.31. The van der Waals surface area contributed by atoms with Crippen LogP contribution < -0.4 is 5.32 Å². The maximum Gasteiger partial charge on any atom is 0.270 e. The average molecular weight is 416 g/mol. The number of nitro benzene ring substituents is 1. The number of non-ortho nitro benzene ring substituents is 1. The summed E-state index contributed by atoms with van der Waals surface area (Å²) in [6.45, 7) is 2.69. The zero-order valence-corrected chi connectivity index (χ0v) is 16.6. The molecule has 1 fully saturated rings. The molecule has 0 aliphatic carbocycles. The van der Waals surface area contributed by atoms with E-state index in [1.54, 1.807) is 30.3 Å². The monoisotopic (exact) mass is 415 g/mol. The predicted octanol–water partition coefficient (Wildman–Crippen LogP) is 3.57. The van der Waals surface area contributed by atoms with E-state index in [9.17, 15) is 19.7 Å². The summed E-state index contributed by atoms with van der Waals surface area (Å²) >= 11 is 5.87. The van der Waals surface area contributed by atoms with Crippen molar-refractivity contribution in [2.24, 2.45) is 5.92 Å². The zero-order chi connectivity index (χ0) is 20.8. The van der Waals surface area contributed by atoms with Crippen LogP contribution in [0.2, 0.25) is 5.02 Å². The summed E-state index contributed by atoms with van der Waals surface area (Å²) in [5, 5.41) is 14.2. The molecule has 3 rings (SSSR count). The van der Waals surface area contributed by atoms with Crippen molar-refractivity contribution in [3.05, 3.63) is 74.8 Å². The normalized spacial score (nSPS) is 15.1. The van der Waals surface area contributed by atoms with E-state index in [0.717, 1.165) is 25.9 Å². The van der Waals surface area contributed by atoms with Crippen LogP contribution in [0.25, 0.3) is 0 Å². The number of ketones is 1. The van der Waals surface area contributed by atoms with Gasteiger partial charge in [-0.05, 0) is 56.3 Å². The largest absolute Gasteiger partial charge is 0.351 e. The maximum absolute atomic E-state index is 12.6. The molecular formula is C21H22ClN3O4. The molecule has 0 spiro atoms. The van der Waals surface area contributed by atoms with Crippen LogP contribution in [0.15, 0.2) is 48.5 Å². The summed E-state index contributed by atoms with van der Waals surface area (Å²) in [4.78, 5) is 37.3. The third kappa shape index (κ3) is 5.62. The van der Waals surface area contributed by atoms with E-state index in [-0.39, 0.29) is 28.9 Å². The van der Waals surface area contributed by atoms with Gasteiger partial charge in [0.1, 0.15) is 0 Å². The first-order valence-corrected chi connectivity index (χ1v) is 9.86. The molecule has 1 N–H and O–H groups in total. The number of Topliss-reactive ketones (excluding diaryl/α,β-unsaturated/α-hetero) is 1. The minimum atomic E-state index is -0.522. The molecule has 2 aromatic carbocycles. The molecular weight excluding hydrogens is 394 g/mol. The fraction of sp³-hybridized carbons (Fsp3) is 0.333. The molecule has 1 heterocycles. The van der Waals surface area contributed by atoms with Gasteiger partial charge in [-0.2, -0.15) is 0 Å². The SMILES string of the molecule is O=C(NCCN1CCC(C(=O)c2ccc(Cl)cc2)CC1)c1cccc([N+](=O)[O-])c1. The zero-order valence-electron chi connectivity index (χ0n) is 15.8. The summed E-state index contributed by atoms with van der Waals surface area (Å²) in [6.07, 6.45) is 1.56. The van der Waals surface area contributed by atoms with Crippen molar-refractivity contribution < 1.29 is 14.5 Å². The molecule has 2 aromatic rings. The summed E-state index contributed by atoms with van der Waals surface area (Å²) < 4.78 is 0. The Morgan fingerprint density at radius 3 is 2.45 bits per heavy atom. The Balaban J connectivity index is 1.42. The van der Waals surface area contributed by atoms with Crippen molar-refractivity contribution >= 4 is 29.0 Å². The highest BCUT2D eigenvalue weighted by molar-refractivity contribution is 6.30. The van der Waals surface area contributed by atoms with Crippen molar-refractivity contribution in [3.8, 4) is 0 Å². The molecule has 7 nitrogen and oxygen atoms in total. The summed E-state index contributed by atoms with van der Waals surface area (Å²) in [5.41, 5.74) is 0.855. The molecule has 0 bridgehead atoms. The number of carbonyl (C=O) groups is 2. The molecule has 8 heteroatoms. The Bertz CT molecular complexity index is 893. The number of piperidine rings is 1. The fourth-order valence-electron chi connectivity index (χ4n) is 3.46. The number of rotatable bonds is 7. The third-order valence-electron chi connectivity index (χ3n) is 5.12. The minimum absolute atomic E-state index is 0.00637. The van der Waals surface area contributed by atoms with E-state index in [4.69, 9.17) is 11.6 Å². The van der Waals surface area contributed by atoms with Gasteiger partial charge in [0, 0.05) is 47.3 Å².